The molecule has 0 aliphatic rings. The molecule has 0 fully saturated rings. The van der Waals surface area contributed by atoms with Crippen LogP contribution in [-0.4, -0.2) is 27.5 Å². The highest BCUT2D eigenvalue weighted by Crippen LogP contribution is 2.12. The normalized spacial score (nSPS) is 10.9. The van der Waals surface area contributed by atoms with Crippen LogP contribution < -0.4 is 0 Å². The number of rotatable bonds is 9. The molecule has 1 aromatic heterocycles. The van der Waals surface area contributed by atoms with Gasteiger partial charge in [0.15, 0.2) is 0 Å². The van der Waals surface area contributed by atoms with Crippen LogP contribution in [0.4, 0.5) is 0 Å². The maximum atomic E-state index is 10.6. The predicted molar refractivity (Wildman–Crippen MR) is 91.0 cm³/mol. The Morgan fingerprint density at radius 1 is 1.13 bits per heavy atom. The van der Waals surface area contributed by atoms with E-state index >= 15 is 0 Å². The van der Waals surface area contributed by atoms with E-state index in [-0.39, 0.29) is 6.42 Å². The smallest absolute Gasteiger partial charge is 0.303 e. The standard InChI is InChI=1S/C19H24N2O2/c1-16-7-6-8-17(13-16)14-21(12-5-3-10-19(22)23)15-18-9-2-4-11-20-18/h2,4,6-9,11,13H,3,5,10,12,14-15H2,1H3,(H,22,23). The summed E-state index contributed by atoms with van der Waals surface area (Å²) in [5, 5.41) is 8.76. The molecule has 1 aromatic carbocycles. The number of carboxylic acid groups (broad SMARTS) is 1. The first-order chi connectivity index (χ1) is 11.1. The van der Waals surface area contributed by atoms with Gasteiger partial charge in [-0.3, -0.25) is 14.7 Å². The number of nitrogens with zero attached hydrogens (tertiary/aromatic N) is 2. The van der Waals surface area contributed by atoms with Crippen molar-refractivity contribution in [1.29, 1.82) is 0 Å². The van der Waals surface area contributed by atoms with E-state index in [1.807, 2.05) is 24.4 Å². The third-order valence-electron chi connectivity index (χ3n) is 3.72. The van der Waals surface area contributed by atoms with Crippen LogP contribution in [0.25, 0.3) is 0 Å². The first kappa shape index (κ1) is 17.2. The van der Waals surface area contributed by atoms with Crippen LogP contribution in [0, 0.1) is 6.92 Å². The summed E-state index contributed by atoms with van der Waals surface area (Å²) in [6.45, 7) is 4.60. The maximum absolute atomic E-state index is 10.6. The number of hydrogen-bond donors (Lipinski definition) is 1. The molecule has 0 saturated carbocycles. The van der Waals surface area contributed by atoms with Gasteiger partial charge in [-0.2, -0.15) is 0 Å². The van der Waals surface area contributed by atoms with Gasteiger partial charge in [0.1, 0.15) is 0 Å². The summed E-state index contributed by atoms with van der Waals surface area (Å²) in [6, 6.07) is 14.4. The first-order valence-corrected chi connectivity index (χ1v) is 8.03. The number of unbranched alkanes of at least 4 members (excludes halogenated alkanes) is 1. The van der Waals surface area contributed by atoms with E-state index in [1.54, 1.807) is 0 Å². The Hall–Kier alpha value is -2.20. The van der Waals surface area contributed by atoms with Gasteiger partial charge in [-0.25, -0.2) is 0 Å². The third-order valence-corrected chi connectivity index (χ3v) is 3.72. The van der Waals surface area contributed by atoms with E-state index in [0.29, 0.717) is 6.42 Å². The van der Waals surface area contributed by atoms with Crippen molar-refractivity contribution in [1.82, 2.24) is 9.88 Å². The van der Waals surface area contributed by atoms with Crippen molar-refractivity contribution in [2.24, 2.45) is 0 Å². The fourth-order valence-corrected chi connectivity index (χ4v) is 2.62. The zero-order valence-electron chi connectivity index (χ0n) is 13.6. The van der Waals surface area contributed by atoms with Gasteiger partial charge in [0.05, 0.1) is 5.69 Å². The van der Waals surface area contributed by atoms with Gasteiger partial charge in [-0.1, -0.05) is 35.9 Å². The van der Waals surface area contributed by atoms with E-state index in [0.717, 1.165) is 31.7 Å². The van der Waals surface area contributed by atoms with E-state index in [4.69, 9.17) is 5.11 Å². The predicted octanol–water partition coefficient (Wildman–Crippen LogP) is 3.65. The molecule has 0 saturated heterocycles. The van der Waals surface area contributed by atoms with E-state index in [9.17, 15) is 4.79 Å². The second-order valence-electron chi connectivity index (χ2n) is 5.87. The monoisotopic (exact) mass is 312 g/mol. The van der Waals surface area contributed by atoms with Crippen LogP contribution in [0.5, 0.6) is 0 Å². The van der Waals surface area contributed by atoms with Gasteiger partial charge in [-0.05, 0) is 44.0 Å². The summed E-state index contributed by atoms with van der Waals surface area (Å²) in [4.78, 5) is 17.4. The van der Waals surface area contributed by atoms with Crippen LogP contribution in [0.2, 0.25) is 0 Å². The highest BCUT2D eigenvalue weighted by molar-refractivity contribution is 5.66. The Labute approximate surface area is 137 Å². The summed E-state index contributed by atoms with van der Waals surface area (Å²) in [5.41, 5.74) is 3.57. The van der Waals surface area contributed by atoms with E-state index in [2.05, 4.69) is 41.1 Å². The zero-order valence-corrected chi connectivity index (χ0v) is 13.6. The molecular weight excluding hydrogens is 288 g/mol. The second kappa shape index (κ2) is 9.06. The number of aliphatic carboxylic acids is 1. The Balaban J connectivity index is 1.97. The molecule has 0 amide bonds. The van der Waals surface area contributed by atoms with Crippen LogP contribution >= 0.6 is 0 Å². The van der Waals surface area contributed by atoms with E-state index < -0.39 is 5.97 Å². The molecule has 4 heteroatoms. The summed E-state index contributed by atoms with van der Waals surface area (Å²) in [5.74, 6) is -0.722. The van der Waals surface area contributed by atoms with Crippen molar-refractivity contribution < 1.29 is 9.90 Å². The number of aryl methyl sites for hydroxylation is 1. The highest BCUT2D eigenvalue weighted by atomic mass is 16.4. The van der Waals surface area contributed by atoms with Crippen molar-refractivity contribution >= 4 is 5.97 Å². The van der Waals surface area contributed by atoms with Crippen LogP contribution in [0.1, 0.15) is 36.1 Å². The van der Waals surface area contributed by atoms with Gasteiger partial charge in [0.2, 0.25) is 0 Å². The molecule has 0 spiro atoms. The number of pyridine rings is 1. The van der Waals surface area contributed by atoms with Crippen molar-refractivity contribution in [3.63, 3.8) is 0 Å². The van der Waals surface area contributed by atoms with Crippen molar-refractivity contribution in [2.75, 3.05) is 6.54 Å². The molecule has 4 nitrogen and oxygen atoms in total. The quantitative estimate of drug-likeness (QED) is 0.718. The average molecular weight is 312 g/mol. The molecule has 122 valence electrons. The fourth-order valence-electron chi connectivity index (χ4n) is 2.62. The number of hydrogen-bond acceptors (Lipinski definition) is 3. The molecule has 0 unspecified atom stereocenters. The Morgan fingerprint density at radius 3 is 2.70 bits per heavy atom. The molecule has 0 atom stereocenters. The van der Waals surface area contributed by atoms with E-state index in [1.165, 1.54) is 11.1 Å². The van der Waals surface area contributed by atoms with Crippen LogP contribution in [0.15, 0.2) is 48.7 Å². The number of aromatic nitrogens is 1. The average Bonchev–Trinajstić information content (AvgIpc) is 2.52. The zero-order chi connectivity index (χ0) is 16.5. The third kappa shape index (κ3) is 6.61. The first-order valence-electron chi connectivity index (χ1n) is 8.03. The van der Waals surface area contributed by atoms with Crippen molar-refractivity contribution in [2.45, 2.75) is 39.3 Å². The fraction of sp³-hybridized carbons (Fsp3) is 0.368. The summed E-state index contributed by atoms with van der Waals surface area (Å²) >= 11 is 0. The van der Waals surface area contributed by atoms with Crippen molar-refractivity contribution in [3.8, 4) is 0 Å². The lowest BCUT2D eigenvalue weighted by Crippen LogP contribution is -2.24. The number of carboxylic acids is 1. The molecule has 0 bridgehead atoms. The topological polar surface area (TPSA) is 53.4 Å². The minimum Gasteiger partial charge on any atom is -0.481 e. The van der Waals surface area contributed by atoms with Crippen LogP contribution in [0.3, 0.4) is 0 Å². The highest BCUT2D eigenvalue weighted by Gasteiger charge is 2.09. The number of benzene rings is 1. The maximum Gasteiger partial charge on any atom is 0.303 e. The lowest BCUT2D eigenvalue weighted by atomic mass is 10.1. The molecule has 23 heavy (non-hydrogen) atoms. The minimum absolute atomic E-state index is 0.238. The summed E-state index contributed by atoms with van der Waals surface area (Å²) < 4.78 is 0. The lowest BCUT2D eigenvalue weighted by Gasteiger charge is -2.22. The van der Waals surface area contributed by atoms with Gasteiger partial charge in [-0.15, -0.1) is 0 Å². The largest absolute Gasteiger partial charge is 0.481 e. The lowest BCUT2D eigenvalue weighted by molar-refractivity contribution is -0.137. The van der Waals surface area contributed by atoms with Crippen molar-refractivity contribution in [3.05, 3.63) is 65.5 Å². The van der Waals surface area contributed by atoms with Crippen LogP contribution in [-0.2, 0) is 17.9 Å². The number of carbonyl (C=O) groups is 1. The van der Waals surface area contributed by atoms with Gasteiger partial charge >= 0.3 is 5.97 Å². The Bertz CT molecular complexity index is 614. The minimum atomic E-state index is -0.722. The molecule has 1 N–H and O–H groups in total. The molecule has 2 aromatic rings. The molecule has 0 aliphatic heterocycles. The molecular formula is C19H24N2O2. The molecule has 0 aliphatic carbocycles. The second-order valence-corrected chi connectivity index (χ2v) is 5.87. The summed E-state index contributed by atoms with van der Waals surface area (Å²) in [6.07, 6.45) is 3.64. The Kier molecular flexibility index (Phi) is 6.76. The molecule has 2 rings (SSSR count). The van der Waals surface area contributed by atoms with Gasteiger partial charge < -0.3 is 5.11 Å². The summed E-state index contributed by atoms with van der Waals surface area (Å²) in [7, 11) is 0. The van der Waals surface area contributed by atoms with Gasteiger partial charge in [0, 0.05) is 25.7 Å². The Morgan fingerprint density at radius 2 is 2.00 bits per heavy atom. The molecule has 0 radical (unpaired) electrons. The van der Waals surface area contributed by atoms with Gasteiger partial charge in [0.25, 0.3) is 0 Å². The SMILES string of the molecule is Cc1cccc(CN(CCCCC(=O)O)Cc2ccccn2)c1. The molecule has 1 heterocycles.